The smallest absolute Gasteiger partial charge is 0.160 e. The lowest BCUT2D eigenvalue weighted by Gasteiger charge is -2.05. The summed E-state index contributed by atoms with van der Waals surface area (Å²) in [6, 6.07) is 4.03. The molecule has 0 amide bonds. The molecular formula is C9H12N4. The van der Waals surface area contributed by atoms with Gasteiger partial charge in [0.05, 0.1) is 6.20 Å². The van der Waals surface area contributed by atoms with Gasteiger partial charge in [0.15, 0.2) is 5.65 Å². The van der Waals surface area contributed by atoms with Crippen molar-refractivity contribution in [2.45, 2.75) is 19.9 Å². The number of pyridine rings is 1. The van der Waals surface area contributed by atoms with Gasteiger partial charge in [-0.1, -0.05) is 0 Å². The maximum Gasteiger partial charge on any atom is 0.160 e. The van der Waals surface area contributed by atoms with Gasteiger partial charge in [-0.3, -0.25) is 0 Å². The van der Waals surface area contributed by atoms with E-state index >= 15 is 0 Å². The Morgan fingerprint density at radius 3 is 2.85 bits per heavy atom. The average Bonchev–Trinajstić information content (AvgIpc) is 2.46. The molecule has 0 radical (unpaired) electrons. The van der Waals surface area contributed by atoms with Crippen LogP contribution in [0, 0.1) is 0 Å². The molecule has 4 heteroatoms. The molecule has 2 rings (SSSR count). The summed E-state index contributed by atoms with van der Waals surface area (Å²) in [7, 11) is 0. The summed E-state index contributed by atoms with van der Waals surface area (Å²) in [5.41, 5.74) is 6.46. The molecule has 2 N–H and O–H groups in total. The van der Waals surface area contributed by atoms with Crippen LogP contribution in [0.2, 0.25) is 0 Å². The third-order valence-electron chi connectivity index (χ3n) is 1.95. The second-order valence-corrected chi connectivity index (χ2v) is 3.33. The van der Waals surface area contributed by atoms with Gasteiger partial charge in [0.2, 0.25) is 0 Å². The Hall–Kier alpha value is -1.58. The molecule has 0 bridgehead atoms. The van der Waals surface area contributed by atoms with Crippen LogP contribution in [0.4, 0.5) is 5.82 Å². The van der Waals surface area contributed by atoms with Gasteiger partial charge in [0, 0.05) is 11.4 Å². The number of fused-ring (bicyclic) bond motifs is 1. The zero-order valence-electron chi connectivity index (χ0n) is 7.73. The predicted octanol–water partition coefficient (Wildman–Crippen LogP) is 1.59. The molecule has 0 saturated heterocycles. The first-order chi connectivity index (χ1) is 6.18. The van der Waals surface area contributed by atoms with Gasteiger partial charge in [-0.15, -0.1) is 0 Å². The first-order valence-electron chi connectivity index (χ1n) is 4.28. The van der Waals surface area contributed by atoms with E-state index in [0.717, 1.165) is 11.0 Å². The van der Waals surface area contributed by atoms with Crippen LogP contribution in [0.3, 0.4) is 0 Å². The van der Waals surface area contributed by atoms with Gasteiger partial charge in [-0.2, -0.15) is 5.10 Å². The predicted molar refractivity (Wildman–Crippen MR) is 52.3 cm³/mol. The summed E-state index contributed by atoms with van der Waals surface area (Å²) in [6.07, 6.45) is 1.81. The van der Waals surface area contributed by atoms with Crippen LogP contribution in [0.15, 0.2) is 18.3 Å². The minimum Gasteiger partial charge on any atom is -0.384 e. The third kappa shape index (κ3) is 1.24. The van der Waals surface area contributed by atoms with Gasteiger partial charge in [-0.05, 0) is 26.0 Å². The molecule has 2 aromatic rings. The first kappa shape index (κ1) is 8.04. The van der Waals surface area contributed by atoms with Crippen molar-refractivity contribution >= 4 is 16.9 Å². The SMILES string of the molecule is CC(C)n1ncc2ccc(N)nc21. The average molecular weight is 176 g/mol. The highest BCUT2D eigenvalue weighted by Gasteiger charge is 2.06. The minimum atomic E-state index is 0.312. The molecular weight excluding hydrogens is 164 g/mol. The van der Waals surface area contributed by atoms with Crippen molar-refractivity contribution in [1.29, 1.82) is 0 Å². The van der Waals surface area contributed by atoms with Gasteiger partial charge in [0.25, 0.3) is 0 Å². The Balaban J connectivity index is 2.71. The fraction of sp³-hybridized carbons (Fsp3) is 0.333. The summed E-state index contributed by atoms with van der Waals surface area (Å²) < 4.78 is 1.87. The molecule has 0 unspecified atom stereocenters. The van der Waals surface area contributed by atoms with E-state index in [1.807, 2.05) is 16.9 Å². The first-order valence-corrected chi connectivity index (χ1v) is 4.28. The molecule has 4 nitrogen and oxygen atoms in total. The number of rotatable bonds is 1. The maximum atomic E-state index is 5.60. The number of nitrogens with zero attached hydrogens (tertiary/aromatic N) is 3. The molecule has 2 heterocycles. The summed E-state index contributed by atoms with van der Waals surface area (Å²) in [4.78, 5) is 4.24. The third-order valence-corrected chi connectivity index (χ3v) is 1.95. The van der Waals surface area contributed by atoms with Crippen molar-refractivity contribution in [3.8, 4) is 0 Å². The van der Waals surface area contributed by atoms with Crippen LogP contribution >= 0.6 is 0 Å². The van der Waals surface area contributed by atoms with E-state index in [1.165, 1.54) is 0 Å². The van der Waals surface area contributed by atoms with E-state index in [-0.39, 0.29) is 0 Å². The van der Waals surface area contributed by atoms with Crippen LogP contribution in [-0.4, -0.2) is 14.8 Å². The van der Waals surface area contributed by atoms with Gasteiger partial charge in [0.1, 0.15) is 5.82 Å². The fourth-order valence-electron chi connectivity index (χ4n) is 1.32. The fourth-order valence-corrected chi connectivity index (χ4v) is 1.32. The lowest BCUT2D eigenvalue weighted by Crippen LogP contribution is -2.04. The Morgan fingerprint density at radius 2 is 2.15 bits per heavy atom. The second-order valence-electron chi connectivity index (χ2n) is 3.33. The van der Waals surface area contributed by atoms with Crippen molar-refractivity contribution in [2.24, 2.45) is 0 Å². The van der Waals surface area contributed by atoms with Crippen molar-refractivity contribution in [3.05, 3.63) is 18.3 Å². The highest BCUT2D eigenvalue weighted by molar-refractivity contribution is 5.76. The minimum absolute atomic E-state index is 0.312. The topological polar surface area (TPSA) is 56.7 Å². The molecule has 0 aromatic carbocycles. The van der Waals surface area contributed by atoms with Gasteiger partial charge in [-0.25, -0.2) is 9.67 Å². The Bertz CT molecular complexity index is 430. The molecule has 13 heavy (non-hydrogen) atoms. The van der Waals surface area contributed by atoms with E-state index in [4.69, 9.17) is 5.73 Å². The van der Waals surface area contributed by atoms with Gasteiger partial charge >= 0.3 is 0 Å². The lowest BCUT2D eigenvalue weighted by atomic mass is 10.3. The van der Waals surface area contributed by atoms with Crippen LogP contribution in [0.1, 0.15) is 19.9 Å². The van der Waals surface area contributed by atoms with Crippen molar-refractivity contribution in [3.63, 3.8) is 0 Å². The summed E-state index contributed by atoms with van der Waals surface area (Å²) in [5.74, 6) is 0.537. The van der Waals surface area contributed by atoms with E-state index in [9.17, 15) is 0 Å². The highest BCUT2D eigenvalue weighted by atomic mass is 15.3. The molecule has 0 spiro atoms. The second kappa shape index (κ2) is 2.73. The van der Waals surface area contributed by atoms with Crippen molar-refractivity contribution in [1.82, 2.24) is 14.8 Å². The Labute approximate surface area is 76.4 Å². The Kier molecular flexibility index (Phi) is 1.69. The molecule has 0 fully saturated rings. The van der Waals surface area contributed by atoms with Crippen LogP contribution in [0.25, 0.3) is 11.0 Å². The zero-order chi connectivity index (χ0) is 9.42. The number of nitrogen functional groups attached to an aromatic ring is 1. The van der Waals surface area contributed by atoms with Crippen LogP contribution in [0.5, 0.6) is 0 Å². The molecule has 68 valence electrons. The highest BCUT2D eigenvalue weighted by Crippen LogP contribution is 2.16. The van der Waals surface area contributed by atoms with E-state index in [1.54, 1.807) is 6.07 Å². The Morgan fingerprint density at radius 1 is 1.38 bits per heavy atom. The van der Waals surface area contributed by atoms with Crippen molar-refractivity contribution in [2.75, 3.05) is 5.73 Å². The molecule has 0 aliphatic heterocycles. The number of nitrogens with two attached hydrogens (primary N) is 1. The summed E-state index contributed by atoms with van der Waals surface area (Å²) in [6.45, 7) is 4.13. The van der Waals surface area contributed by atoms with Crippen molar-refractivity contribution < 1.29 is 0 Å². The number of hydrogen-bond acceptors (Lipinski definition) is 3. The molecule has 0 aliphatic rings. The van der Waals surface area contributed by atoms with Gasteiger partial charge < -0.3 is 5.73 Å². The molecule has 2 aromatic heterocycles. The lowest BCUT2D eigenvalue weighted by molar-refractivity contribution is 0.546. The standard InChI is InChI=1S/C9H12N4/c1-6(2)13-9-7(5-11-13)3-4-8(10)12-9/h3-6H,1-2H3,(H2,10,12). The normalized spacial score (nSPS) is 11.3. The molecule has 0 aliphatic carbocycles. The quantitative estimate of drug-likeness (QED) is 0.717. The zero-order valence-corrected chi connectivity index (χ0v) is 7.73. The summed E-state index contributed by atoms with van der Waals surface area (Å²) >= 11 is 0. The number of aromatic nitrogens is 3. The number of anilines is 1. The van der Waals surface area contributed by atoms with E-state index in [0.29, 0.717) is 11.9 Å². The summed E-state index contributed by atoms with van der Waals surface area (Å²) in [5, 5.41) is 5.26. The largest absolute Gasteiger partial charge is 0.384 e. The molecule has 0 saturated carbocycles. The maximum absolute atomic E-state index is 5.60. The number of hydrogen-bond donors (Lipinski definition) is 1. The monoisotopic (exact) mass is 176 g/mol. The van der Waals surface area contributed by atoms with Crippen LogP contribution < -0.4 is 5.73 Å². The van der Waals surface area contributed by atoms with Crippen LogP contribution in [-0.2, 0) is 0 Å². The van der Waals surface area contributed by atoms with E-state index < -0.39 is 0 Å². The van der Waals surface area contributed by atoms with E-state index in [2.05, 4.69) is 23.9 Å². The molecule has 0 atom stereocenters.